The van der Waals surface area contributed by atoms with E-state index in [9.17, 15) is 4.79 Å². The van der Waals surface area contributed by atoms with Crippen LogP contribution in [0, 0.1) is 6.92 Å². The predicted octanol–water partition coefficient (Wildman–Crippen LogP) is 4.76. The second kappa shape index (κ2) is 8.93. The van der Waals surface area contributed by atoms with Gasteiger partial charge in [-0.05, 0) is 50.5 Å². The van der Waals surface area contributed by atoms with Crippen molar-refractivity contribution in [3.63, 3.8) is 0 Å². The largest absolute Gasteiger partial charge is 0.494 e. The van der Waals surface area contributed by atoms with Crippen LogP contribution in [-0.2, 0) is 16.0 Å². The number of aromatic nitrogens is 1. The summed E-state index contributed by atoms with van der Waals surface area (Å²) < 4.78 is 12.4. The maximum atomic E-state index is 13.2. The van der Waals surface area contributed by atoms with Crippen LogP contribution in [0.2, 0.25) is 0 Å². The van der Waals surface area contributed by atoms with Crippen LogP contribution in [0.4, 0.5) is 5.13 Å². The fraction of sp³-hybridized carbons (Fsp3) is 0.391. The van der Waals surface area contributed by atoms with Gasteiger partial charge in [-0.2, -0.15) is 0 Å². The van der Waals surface area contributed by atoms with Crippen molar-refractivity contribution in [2.24, 2.45) is 0 Å². The predicted molar refractivity (Wildman–Crippen MR) is 117 cm³/mol. The first-order valence-corrected chi connectivity index (χ1v) is 10.9. The van der Waals surface area contributed by atoms with Crippen LogP contribution < -0.4 is 9.64 Å². The Morgan fingerprint density at radius 2 is 2.10 bits per heavy atom. The number of amides is 1. The van der Waals surface area contributed by atoms with Crippen molar-refractivity contribution in [3.05, 3.63) is 53.6 Å². The zero-order valence-corrected chi connectivity index (χ0v) is 17.7. The fourth-order valence-corrected chi connectivity index (χ4v) is 4.54. The summed E-state index contributed by atoms with van der Waals surface area (Å²) in [6.45, 7) is 5.95. The lowest BCUT2D eigenvalue weighted by atomic mass is 10.1. The summed E-state index contributed by atoms with van der Waals surface area (Å²) in [5.41, 5.74) is 3.08. The molecule has 1 fully saturated rings. The number of thiazole rings is 1. The van der Waals surface area contributed by atoms with E-state index in [2.05, 4.69) is 0 Å². The van der Waals surface area contributed by atoms with Gasteiger partial charge in [0.15, 0.2) is 5.13 Å². The first-order chi connectivity index (χ1) is 14.1. The molecule has 1 saturated heterocycles. The van der Waals surface area contributed by atoms with Gasteiger partial charge in [0.25, 0.3) is 0 Å². The van der Waals surface area contributed by atoms with Gasteiger partial charge < -0.3 is 9.47 Å². The highest BCUT2D eigenvalue weighted by atomic mass is 32.1. The lowest BCUT2D eigenvalue weighted by Gasteiger charge is -2.23. The van der Waals surface area contributed by atoms with Gasteiger partial charge in [-0.3, -0.25) is 9.69 Å². The first kappa shape index (κ1) is 19.9. The Hall–Kier alpha value is -2.44. The van der Waals surface area contributed by atoms with E-state index in [1.165, 1.54) is 16.9 Å². The molecule has 2 aromatic carbocycles. The molecule has 3 aromatic rings. The summed E-state index contributed by atoms with van der Waals surface area (Å²) in [6.07, 6.45) is 2.45. The molecular weight excluding hydrogens is 384 g/mol. The second-order valence-corrected chi connectivity index (χ2v) is 8.37. The minimum absolute atomic E-state index is 0.0495. The van der Waals surface area contributed by atoms with E-state index in [-0.39, 0.29) is 12.0 Å². The van der Waals surface area contributed by atoms with Crippen LogP contribution >= 0.6 is 11.3 Å². The molecule has 0 spiro atoms. The number of anilines is 1. The number of aryl methyl sites for hydroxylation is 1. The standard InChI is InChI=1S/C23H26N2O3S/c1-3-27-18-10-11-20-21(14-18)29-23(24-20)25(15-19-5-4-12-28-19)22(26)13-17-8-6-16(2)7-9-17/h6-11,14,19H,3-5,12-13,15H2,1-2H3. The van der Waals surface area contributed by atoms with E-state index in [0.29, 0.717) is 19.6 Å². The van der Waals surface area contributed by atoms with Gasteiger partial charge >= 0.3 is 0 Å². The summed E-state index contributed by atoms with van der Waals surface area (Å²) >= 11 is 1.53. The van der Waals surface area contributed by atoms with Crippen molar-refractivity contribution >= 4 is 32.6 Å². The Bertz CT molecular complexity index is 977. The van der Waals surface area contributed by atoms with E-state index in [1.54, 1.807) is 4.90 Å². The molecule has 1 amide bonds. The zero-order valence-electron chi connectivity index (χ0n) is 16.9. The molecule has 1 aliphatic rings. The average Bonchev–Trinajstić information content (AvgIpc) is 3.37. The molecule has 29 heavy (non-hydrogen) atoms. The maximum absolute atomic E-state index is 13.2. The van der Waals surface area contributed by atoms with Gasteiger partial charge in [0.1, 0.15) is 5.75 Å². The Morgan fingerprint density at radius 1 is 1.28 bits per heavy atom. The molecule has 4 rings (SSSR count). The molecule has 152 valence electrons. The van der Waals surface area contributed by atoms with Gasteiger partial charge in [-0.15, -0.1) is 0 Å². The summed E-state index contributed by atoms with van der Waals surface area (Å²) in [6, 6.07) is 14.0. The van der Waals surface area contributed by atoms with Crippen LogP contribution in [0.5, 0.6) is 5.75 Å². The Kier molecular flexibility index (Phi) is 6.11. The fourth-order valence-electron chi connectivity index (χ4n) is 3.52. The molecule has 1 unspecified atom stereocenters. The van der Waals surface area contributed by atoms with Crippen LogP contribution in [0.1, 0.15) is 30.9 Å². The monoisotopic (exact) mass is 410 g/mol. The van der Waals surface area contributed by atoms with Gasteiger partial charge in [0, 0.05) is 6.61 Å². The Balaban J connectivity index is 1.61. The van der Waals surface area contributed by atoms with Crippen LogP contribution in [0.3, 0.4) is 0 Å². The number of fused-ring (bicyclic) bond motifs is 1. The third kappa shape index (κ3) is 4.77. The minimum Gasteiger partial charge on any atom is -0.494 e. The molecule has 1 atom stereocenters. The van der Waals surface area contributed by atoms with E-state index < -0.39 is 0 Å². The highest BCUT2D eigenvalue weighted by molar-refractivity contribution is 7.22. The topological polar surface area (TPSA) is 51.7 Å². The number of hydrogen-bond acceptors (Lipinski definition) is 5. The molecule has 1 aliphatic heterocycles. The molecule has 0 N–H and O–H groups in total. The van der Waals surface area contributed by atoms with Crippen molar-refractivity contribution in [1.82, 2.24) is 4.98 Å². The summed E-state index contributed by atoms with van der Waals surface area (Å²) in [7, 11) is 0. The molecule has 0 radical (unpaired) electrons. The van der Waals surface area contributed by atoms with Gasteiger partial charge in [0.05, 0.1) is 35.9 Å². The van der Waals surface area contributed by atoms with E-state index in [0.717, 1.165) is 46.1 Å². The lowest BCUT2D eigenvalue weighted by molar-refractivity contribution is -0.118. The normalized spacial score (nSPS) is 16.3. The summed E-state index contributed by atoms with van der Waals surface area (Å²) in [5.74, 6) is 0.875. The Morgan fingerprint density at radius 3 is 2.83 bits per heavy atom. The maximum Gasteiger partial charge on any atom is 0.233 e. The molecule has 0 aliphatic carbocycles. The lowest BCUT2D eigenvalue weighted by Crippen LogP contribution is -2.38. The number of benzene rings is 2. The molecule has 5 nitrogen and oxygen atoms in total. The quantitative estimate of drug-likeness (QED) is 0.564. The average molecular weight is 411 g/mol. The van der Waals surface area contributed by atoms with Gasteiger partial charge in [-0.1, -0.05) is 41.2 Å². The van der Waals surface area contributed by atoms with Gasteiger partial charge in [0.2, 0.25) is 5.91 Å². The number of rotatable bonds is 7. The van der Waals surface area contributed by atoms with Crippen molar-refractivity contribution in [3.8, 4) is 5.75 Å². The van der Waals surface area contributed by atoms with Crippen LogP contribution in [0.15, 0.2) is 42.5 Å². The van der Waals surface area contributed by atoms with E-state index >= 15 is 0 Å². The van der Waals surface area contributed by atoms with Crippen molar-refractivity contribution in [2.45, 2.75) is 39.2 Å². The van der Waals surface area contributed by atoms with Crippen LogP contribution in [0.25, 0.3) is 10.2 Å². The van der Waals surface area contributed by atoms with E-state index in [1.807, 2.05) is 56.3 Å². The SMILES string of the molecule is CCOc1ccc2nc(N(CC3CCCO3)C(=O)Cc3ccc(C)cc3)sc2c1. The number of hydrogen-bond donors (Lipinski definition) is 0. The molecule has 6 heteroatoms. The zero-order chi connectivity index (χ0) is 20.2. The van der Waals surface area contributed by atoms with Crippen LogP contribution in [-0.4, -0.2) is 36.8 Å². The Labute approximate surface area is 175 Å². The molecule has 1 aromatic heterocycles. The highest BCUT2D eigenvalue weighted by Crippen LogP contribution is 2.32. The van der Waals surface area contributed by atoms with Crippen molar-refractivity contribution in [1.29, 1.82) is 0 Å². The molecule has 0 saturated carbocycles. The highest BCUT2D eigenvalue weighted by Gasteiger charge is 2.26. The number of nitrogens with zero attached hydrogens (tertiary/aromatic N) is 2. The van der Waals surface area contributed by atoms with Gasteiger partial charge in [-0.25, -0.2) is 4.98 Å². The summed E-state index contributed by atoms with van der Waals surface area (Å²) in [5, 5.41) is 0.723. The smallest absolute Gasteiger partial charge is 0.233 e. The number of carbonyl (C=O) groups excluding carboxylic acids is 1. The summed E-state index contributed by atoms with van der Waals surface area (Å²) in [4.78, 5) is 19.8. The second-order valence-electron chi connectivity index (χ2n) is 7.36. The molecular formula is C23H26N2O3S. The van der Waals surface area contributed by atoms with Crippen molar-refractivity contribution in [2.75, 3.05) is 24.7 Å². The van der Waals surface area contributed by atoms with Crippen molar-refractivity contribution < 1.29 is 14.3 Å². The minimum atomic E-state index is 0.0495. The number of carbonyl (C=O) groups is 1. The first-order valence-electron chi connectivity index (χ1n) is 10.1. The molecule has 0 bridgehead atoms. The third-order valence-corrected chi connectivity index (χ3v) is 6.12. The third-order valence-electron chi connectivity index (χ3n) is 5.08. The number of ether oxygens (including phenoxy) is 2. The van der Waals surface area contributed by atoms with E-state index in [4.69, 9.17) is 14.5 Å². The molecule has 2 heterocycles.